The molecule has 0 aromatic heterocycles. The summed E-state index contributed by atoms with van der Waals surface area (Å²) in [5.41, 5.74) is 0.700. The van der Waals surface area contributed by atoms with Crippen LogP contribution < -0.4 is 5.32 Å². The quantitative estimate of drug-likeness (QED) is 0.654. The van der Waals surface area contributed by atoms with E-state index in [4.69, 9.17) is 4.74 Å². The van der Waals surface area contributed by atoms with E-state index in [2.05, 4.69) is 12.2 Å². The molecule has 2 heteroatoms. The van der Waals surface area contributed by atoms with Gasteiger partial charge in [-0.25, -0.2) is 0 Å². The Bertz CT molecular complexity index is 183. The molecule has 1 saturated heterocycles. The van der Waals surface area contributed by atoms with Crippen LogP contribution in [0.15, 0.2) is 0 Å². The highest BCUT2D eigenvalue weighted by Crippen LogP contribution is 2.48. The van der Waals surface area contributed by atoms with E-state index in [0.29, 0.717) is 11.5 Å². The van der Waals surface area contributed by atoms with E-state index in [0.717, 1.165) is 13.2 Å². The molecule has 88 valence electrons. The van der Waals surface area contributed by atoms with Gasteiger partial charge in [0.2, 0.25) is 0 Å². The molecule has 0 aromatic rings. The molecular formula is C13H25NO. The summed E-state index contributed by atoms with van der Waals surface area (Å²) in [5.74, 6) is 0. The first-order valence-electron chi connectivity index (χ1n) is 6.67. The molecule has 15 heavy (non-hydrogen) atoms. The number of hydrogen-bond acceptors (Lipinski definition) is 2. The molecule has 0 bridgehead atoms. The van der Waals surface area contributed by atoms with E-state index in [1.54, 1.807) is 0 Å². The fraction of sp³-hybridized carbons (Fsp3) is 1.00. The summed E-state index contributed by atoms with van der Waals surface area (Å²) >= 11 is 0. The van der Waals surface area contributed by atoms with Gasteiger partial charge in [-0.05, 0) is 50.5 Å². The third-order valence-corrected chi connectivity index (χ3v) is 3.90. The van der Waals surface area contributed by atoms with Crippen LogP contribution in [0.1, 0.15) is 51.9 Å². The van der Waals surface area contributed by atoms with Crippen molar-refractivity contribution in [1.29, 1.82) is 0 Å². The predicted octanol–water partition coefficient (Wildman–Crippen LogP) is 2.73. The molecule has 1 unspecified atom stereocenters. The minimum Gasteiger partial charge on any atom is -0.378 e. The largest absolute Gasteiger partial charge is 0.378 e. The van der Waals surface area contributed by atoms with Crippen molar-refractivity contribution in [3.05, 3.63) is 0 Å². The molecule has 2 aliphatic rings. The monoisotopic (exact) mass is 211 g/mol. The Hall–Kier alpha value is -0.0800. The summed E-state index contributed by atoms with van der Waals surface area (Å²) in [6, 6.07) is 0. The Kier molecular flexibility index (Phi) is 4.04. The zero-order chi connectivity index (χ0) is 10.6. The van der Waals surface area contributed by atoms with Crippen LogP contribution >= 0.6 is 0 Å². The molecule has 0 spiro atoms. The first-order chi connectivity index (χ1) is 7.35. The number of ether oxygens (including phenoxy) is 1. The second kappa shape index (κ2) is 5.31. The van der Waals surface area contributed by atoms with Gasteiger partial charge in [0.05, 0.1) is 6.10 Å². The zero-order valence-electron chi connectivity index (χ0n) is 10.1. The SMILES string of the molecule is CCCC1(CNCCC2CCCO2)CC1. The lowest BCUT2D eigenvalue weighted by Gasteiger charge is -2.16. The van der Waals surface area contributed by atoms with Crippen molar-refractivity contribution < 1.29 is 4.74 Å². The maximum Gasteiger partial charge on any atom is 0.0588 e. The predicted molar refractivity (Wildman–Crippen MR) is 63.0 cm³/mol. The van der Waals surface area contributed by atoms with Gasteiger partial charge in [0, 0.05) is 13.2 Å². The summed E-state index contributed by atoms with van der Waals surface area (Å²) in [4.78, 5) is 0. The lowest BCUT2D eigenvalue weighted by Crippen LogP contribution is -2.27. The second-order valence-corrected chi connectivity index (χ2v) is 5.35. The summed E-state index contributed by atoms with van der Waals surface area (Å²) in [5, 5.41) is 3.62. The molecule has 1 atom stereocenters. The molecule has 2 rings (SSSR count). The highest BCUT2D eigenvalue weighted by molar-refractivity contribution is 4.94. The number of hydrogen-bond donors (Lipinski definition) is 1. The molecule has 1 aliphatic carbocycles. The highest BCUT2D eigenvalue weighted by atomic mass is 16.5. The Morgan fingerprint density at radius 2 is 2.27 bits per heavy atom. The zero-order valence-corrected chi connectivity index (χ0v) is 10.1. The van der Waals surface area contributed by atoms with Gasteiger partial charge in [-0.15, -0.1) is 0 Å². The van der Waals surface area contributed by atoms with Crippen LogP contribution in [0.25, 0.3) is 0 Å². The van der Waals surface area contributed by atoms with Gasteiger partial charge in [0.1, 0.15) is 0 Å². The molecule has 1 heterocycles. The first kappa shape index (κ1) is 11.4. The van der Waals surface area contributed by atoms with Gasteiger partial charge >= 0.3 is 0 Å². The minimum atomic E-state index is 0.554. The summed E-state index contributed by atoms with van der Waals surface area (Å²) < 4.78 is 5.61. The van der Waals surface area contributed by atoms with Crippen LogP contribution in [0.5, 0.6) is 0 Å². The Balaban J connectivity index is 1.51. The van der Waals surface area contributed by atoms with Crippen molar-refractivity contribution >= 4 is 0 Å². The third kappa shape index (κ3) is 3.46. The summed E-state index contributed by atoms with van der Waals surface area (Å²) in [7, 11) is 0. The molecule has 2 fully saturated rings. The number of rotatable bonds is 7. The van der Waals surface area contributed by atoms with Crippen LogP contribution in [0.2, 0.25) is 0 Å². The Morgan fingerprint density at radius 3 is 2.87 bits per heavy atom. The standard InChI is InChI=1S/C13H25NO/c1-2-6-13(7-8-13)11-14-9-5-12-4-3-10-15-12/h12,14H,2-11H2,1H3. The minimum absolute atomic E-state index is 0.554. The van der Waals surface area contributed by atoms with Gasteiger partial charge in [0.15, 0.2) is 0 Å². The molecule has 1 aliphatic heterocycles. The van der Waals surface area contributed by atoms with Crippen molar-refractivity contribution in [3.8, 4) is 0 Å². The van der Waals surface area contributed by atoms with E-state index in [1.165, 1.54) is 51.5 Å². The van der Waals surface area contributed by atoms with Gasteiger partial charge in [-0.2, -0.15) is 0 Å². The van der Waals surface area contributed by atoms with Gasteiger partial charge in [-0.1, -0.05) is 13.3 Å². The Labute approximate surface area is 93.8 Å². The topological polar surface area (TPSA) is 21.3 Å². The lowest BCUT2D eigenvalue weighted by atomic mass is 10.0. The smallest absolute Gasteiger partial charge is 0.0588 e. The molecule has 0 aromatic carbocycles. The Morgan fingerprint density at radius 1 is 1.40 bits per heavy atom. The van der Waals surface area contributed by atoms with Crippen LogP contribution in [0.3, 0.4) is 0 Å². The van der Waals surface area contributed by atoms with Crippen LogP contribution in [-0.4, -0.2) is 25.8 Å². The summed E-state index contributed by atoms with van der Waals surface area (Å²) in [6.45, 7) is 5.68. The van der Waals surface area contributed by atoms with Crippen LogP contribution in [0, 0.1) is 5.41 Å². The van der Waals surface area contributed by atoms with E-state index >= 15 is 0 Å². The van der Waals surface area contributed by atoms with E-state index in [1.807, 2.05) is 0 Å². The summed E-state index contributed by atoms with van der Waals surface area (Å²) in [6.07, 6.45) is 9.97. The van der Waals surface area contributed by atoms with Gasteiger partial charge in [-0.3, -0.25) is 0 Å². The molecule has 1 saturated carbocycles. The molecular weight excluding hydrogens is 186 g/mol. The van der Waals surface area contributed by atoms with E-state index < -0.39 is 0 Å². The number of nitrogens with one attached hydrogen (secondary N) is 1. The van der Waals surface area contributed by atoms with Crippen molar-refractivity contribution in [3.63, 3.8) is 0 Å². The average Bonchev–Trinajstić information content (AvgIpc) is 2.80. The van der Waals surface area contributed by atoms with Crippen molar-refractivity contribution in [2.75, 3.05) is 19.7 Å². The molecule has 0 amide bonds. The van der Waals surface area contributed by atoms with Crippen molar-refractivity contribution in [2.45, 2.75) is 58.0 Å². The molecule has 0 radical (unpaired) electrons. The van der Waals surface area contributed by atoms with Crippen LogP contribution in [0.4, 0.5) is 0 Å². The van der Waals surface area contributed by atoms with E-state index in [-0.39, 0.29) is 0 Å². The fourth-order valence-electron chi connectivity index (χ4n) is 2.71. The average molecular weight is 211 g/mol. The third-order valence-electron chi connectivity index (χ3n) is 3.90. The maximum absolute atomic E-state index is 5.61. The lowest BCUT2D eigenvalue weighted by molar-refractivity contribution is 0.104. The fourth-order valence-corrected chi connectivity index (χ4v) is 2.71. The van der Waals surface area contributed by atoms with Gasteiger partial charge in [0.25, 0.3) is 0 Å². The normalized spacial score (nSPS) is 28.2. The van der Waals surface area contributed by atoms with Crippen molar-refractivity contribution in [2.24, 2.45) is 5.41 Å². The molecule has 1 N–H and O–H groups in total. The van der Waals surface area contributed by atoms with Crippen LogP contribution in [-0.2, 0) is 4.74 Å². The second-order valence-electron chi connectivity index (χ2n) is 5.35. The maximum atomic E-state index is 5.61. The van der Waals surface area contributed by atoms with E-state index in [9.17, 15) is 0 Å². The molecule has 2 nitrogen and oxygen atoms in total. The highest BCUT2D eigenvalue weighted by Gasteiger charge is 2.40. The van der Waals surface area contributed by atoms with Gasteiger partial charge < -0.3 is 10.1 Å². The van der Waals surface area contributed by atoms with Crippen molar-refractivity contribution in [1.82, 2.24) is 5.32 Å². The first-order valence-corrected chi connectivity index (χ1v) is 6.67.